The molecule has 3 N–H and O–H groups in total. The van der Waals surface area contributed by atoms with Crippen LogP contribution in [0.3, 0.4) is 0 Å². The molecular weight excluding hydrogens is 524 g/mol. The molecule has 170 valence electrons. The second-order valence-electron chi connectivity index (χ2n) is 8.24. The number of rotatable bonds is 10. The Balaban J connectivity index is 1.95. The molecule has 1 aromatic heterocycles. The van der Waals surface area contributed by atoms with Crippen LogP contribution in [0, 0.1) is 11.3 Å². The topological polar surface area (TPSA) is 114 Å². The van der Waals surface area contributed by atoms with Crippen LogP contribution in [0.1, 0.15) is 44.0 Å². The highest BCUT2D eigenvalue weighted by Crippen LogP contribution is 2.31. The Morgan fingerprint density at radius 1 is 1.47 bits per heavy atom. The van der Waals surface area contributed by atoms with Crippen LogP contribution in [0.5, 0.6) is 0 Å². The number of nitriles is 1. The molecule has 1 atom stereocenters. The predicted molar refractivity (Wildman–Crippen MR) is 131 cm³/mol. The molecule has 0 spiro atoms. The van der Waals surface area contributed by atoms with Gasteiger partial charge in [0.2, 0.25) is 5.91 Å². The van der Waals surface area contributed by atoms with E-state index in [2.05, 4.69) is 20.9 Å². The number of hydrogen-bond acceptors (Lipinski definition) is 5. The van der Waals surface area contributed by atoms with Crippen molar-refractivity contribution < 1.29 is 9.18 Å². The average molecular weight is 551 g/mol. The van der Waals surface area contributed by atoms with Gasteiger partial charge in [-0.05, 0) is 38.2 Å². The van der Waals surface area contributed by atoms with Gasteiger partial charge in [0.1, 0.15) is 12.4 Å². The lowest BCUT2D eigenvalue weighted by molar-refractivity contribution is -0.122. The summed E-state index contributed by atoms with van der Waals surface area (Å²) in [6, 6.07) is 10.8. The van der Waals surface area contributed by atoms with Crippen LogP contribution in [-0.2, 0) is 24.2 Å². The standard InChI is InChI=1S/C23H27FIN5O2/c1-22(24,25-2)10-5-8-19-28-18(17-7-4-3-6-16(17)9-13-26)14-21(32)30(19)15-20(31)29-23(27)11-12-23/h3-4,6-7,14H,2,5,8-12,15,27H2,1H3,(H,29,31). The number of hydrogen-bond donors (Lipinski definition) is 2. The Hall–Kier alpha value is -2.45. The molecule has 1 aliphatic rings. The van der Waals surface area contributed by atoms with E-state index in [1.807, 2.05) is 24.3 Å². The Morgan fingerprint density at radius 3 is 2.84 bits per heavy atom. The number of carbonyl (C=O) groups excluding carboxylic acids is 1. The van der Waals surface area contributed by atoms with Gasteiger partial charge in [0.25, 0.3) is 5.56 Å². The van der Waals surface area contributed by atoms with E-state index in [9.17, 15) is 14.0 Å². The van der Waals surface area contributed by atoms with Crippen molar-refractivity contribution in [1.29, 1.82) is 5.26 Å². The van der Waals surface area contributed by atoms with Crippen LogP contribution >= 0.6 is 20.7 Å². The summed E-state index contributed by atoms with van der Waals surface area (Å²) in [6.45, 7) is 1.35. The van der Waals surface area contributed by atoms with Crippen LogP contribution in [0.2, 0.25) is 0 Å². The zero-order valence-corrected chi connectivity index (χ0v) is 20.2. The first kappa shape index (κ1) is 24.2. The zero-order chi connectivity index (χ0) is 23.4. The van der Waals surface area contributed by atoms with Crippen molar-refractivity contribution >= 4 is 31.2 Å². The van der Waals surface area contributed by atoms with E-state index in [0.717, 1.165) is 5.56 Å². The summed E-state index contributed by atoms with van der Waals surface area (Å²) in [7, 11) is 0. The first-order valence-corrected chi connectivity index (χ1v) is 13.0. The highest BCUT2D eigenvalue weighted by atomic mass is 127. The second-order valence-corrected chi connectivity index (χ2v) is 11.2. The van der Waals surface area contributed by atoms with Crippen LogP contribution < -0.4 is 16.6 Å². The van der Waals surface area contributed by atoms with E-state index in [1.165, 1.54) is 10.6 Å². The van der Waals surface area contributed by atoms with E-state index in [0.29, 0.717) is 49.2 Å². The zero-order valence-electron chi connectivity index (χ0n) is 18.0. The second kappa shape index (κ2) is 10.0. The molecule has 1 aliphatic carbocycles. The van der Waals surface area contributed by atoms with Gasteiger partial charge >= 0.3 is 0 Å². The summed E-state index contributed by atoms with van der Waals surface area (Å²) in [4.78, 5) is 30.1. The maximum atomic E-state index is 14.4. The minimum Gasteiger partial charge on any atom is -0.337 e. The maximum absolute atomic E-state index is 14.4. The van der Waals surface area contributed by atoms with Crippen LogP contribution in [0.4, 0.5) is 4.39 Å². The first-order chi connectivity index (χ1) is 15.2. The van der Waals surface area contributed by atoms with Crippen LogP contribution in [0.25, 0.3) is 11.3 Å². The molecule has 7 nitrogen and oxygen atoms in total. The SMILES string of the molecule is C=IC(C)(F)CCCc1nc(-c2ccccc2CC#N)cc(=O)n1CC(=O)NC1(N)CC1. The number of halogens is 2. The Morgan fingerprint density at radius 2 is 2.19 bits per heavy atom. The van der Waals surface area contributed by atoms with E-state index >= 15 is 0 Å². The number of aryl methyl sites for hydroxylation is 1. The number of nitrogens with zero attached hydrogens (tertiary/aromatic N) is 3. The molecule has 1 saturated carbocycles. The largest absolute Gasteiger partial charge is 0.337 e. The van der Waals surface area contributed by atoms with Crippen LogP contribution in [0.15, 0.2) is 35.1 Å². The molecule has 0 radical (unpaired) electrons. The van der Waals surface area contributed by atoms with Gasteiger partial charge in [-0.2, -0.15) is 5.26 Å². The fourth-order valence-electron chi connectivity index (χ4n) is 3.41. The molecule has 0 saturated heterocycles. The van der Waals surface area contributed by atoms with Crippen molar-refractivity contribution in [1.82, 2.24) is 14.9 Å². The minimum absolute atomic E-state index is 0.185. The third kappa shape index (κ3) is 6.29. The van der Waals surface area contributed by atoms with Crippen molar-refractivity contribution in [3.05, 3.63) is 52.1 Å². The van der Waals surface area contributed by atoms with Crippen LogP contribution in [-0.4, -0.2) is 29.3 Å². The summed E-state index contributed by atoms with van der Waals surface area (Å²) in [5, 5.41) is 11.9. The van der Waals surface area contributed by atoms with Crippen molar-refractivity contribution in [2.45, 2.75) is 61.3 Å². The highest BCUT2D eigenvalue weighted by molar-refractivity contribution is 14.2. The lowest BCUT2D eigenvalue weighted by atomic mass is 10.0. The normalized spacial score (nSPS) is 16.1. The highest BCUT2D eigenvalue weighted by Gasteiger charge is 2.39. The molecule has 1 fully saturated rings. The van der Waals surface area contributed by atoms with Crippen molar-refractivity contribution in [3.63, 3.8) is 0 Å². The smallest absolute Gasteiger partial charge is 0.254 e. The Labute approximate surface area is 196 Å². The fraction of sp³-hybridized carbons (Fsp3) is 0.435. The quantitative estimate of drug-likeness (QED) is 0.268. The average Bonchev–Trinajstić information content (AvgIpc) is 3.47. The Kier molecular flexibility index (Phi) is 7.56. The number of nitrogens with two attached hydrogens (primary N) is 1. The molecule has 0 aliphatic heterocycles. The lowest BCUT2D eigenvalue weighted by Gasteiger charge is -2.18. The third-order valence-corrected chi connectivity index (χ3v) is 7.55. The van der Waals surface area contributed by atoms with Crippen molar-refractivity contribution in [3.8, 4) is 17.3 Å². The summed E-state index contributed by atoms with van der Waals surface area (Å²) in [5.41, 5.74) is 6.81. The third-order valence-electron chi connectivity index (χ3n) is 5.42. The molecule has 32 heavy (non-hydrogen) atoms. The van der Waals surface area contributed by atoms with Gasteiger partial charge < -0.3 is 11.1 Å². The monoisotopic (exact) mass is 551 g/mol. The van der Waals surface area contributed by atoms with Crippen molar-refractivity contribution in [2.75, 3.05) is 0 Å². The molecule has 1 heterocycles. The van der Waals surface area contributed by atoms with Crippen molar-refractivity contribution in [2.24, 2.45) is 5.73 Å². The molecule has 1 amide bonds. The molecule has 3 rings (SSSR count). The number of nitrogens with one attached hydrogen (secondary N) is 1. The van der Waals surface area contributed by atoms with E-state index < -0.39 is 30.1 Å². The molecule has 1 unspecified atom stereocenters. The molecule has 2 aromatic rings. The van der Waals surface area contributed by atoms with Gasteiger partial charge in [-0.1, -0.05) is 49.5 Å². The van der Waals surface area contributed by atoms with Gasteiger partial charge in [0.05, 0.1) is 23.8 Å². The molecule has 9 heteroatoms. The maximum Gasteiger partial charge on any atom is 0.254 e. The number of amides is 1. The van der Waals surface area contributed by atoms with Gasteiger partial charge in [-0.15, -0.1) is 0 Å². The predicted octanol–water partition coefficient (Wildman–Crippen LogP) is 2.95. The summed E-state index contributed by atoms with van der Waals surface area (Å²) in [6.07, 6.45) is 2.72. The summed E-state index contributed by atoms with van der Waals surface area (Å²) in [5.74, 6) is 0.0566. The first-order valence-electron chi connectivity index (χ1n) is 10.4. The minimum atomic E-state index is -1.30. The fourth-order valence-corrected chi connectivity index (χ4v) is 4.17. The Bertz CT molecular complexity index is 1120. The van der Waals surface area contributed by atoms with Gasteiger partial charge in [0.15, 0.2) is 3.68 Å². The number of benzene rings is 1. The summed E-state index contributed by atoms with van der Waals surface area (Å²) >= 11 is -0.826. The molecule has 1 aromatic carbocycles. The van der Waals surface area contributed by atoms with E-state index in [4.69, 9.17) is 11.0 Å². The van der Waals surface area contributed by atoms with Gasteiger partial charge in [-0.25, -0.2) is 9.37 Å². The lowest BCUT2D eigenvalue weighted by Crippen LogP contribution is -2.46. The van der Waals surface area contributed by atoms with E-state index in [-0.39, 0.29) is 24.4 Å². The van der Waals surface area contributed by atoms with E-state index in [1.54, 1.807) is 6.92 Å². The van der Waals surface area contributed by atoms with Gasteiger partial charge in [-0.3, -0.25) is 14.2 Å². The summed E-state index contributed by atoms with van der Waals surface area (Å²) < 4.78 is 18.2. The number of alkyl halides is 2. The van der Waals surface area contributed by atoms with Gasteiger partial charge in [0, 0.05) is 18.1 Å². The molecular formula is C23H27FIN5O2. The molecule has 0 bridgehead atoms. The number of aromatic nitrogens is 2. The number of carbonyl (C=O) groups is 1.